The summed E-state index contributed by atoms with van der Waals surface area (Å²) in [7, 11) is 0. The van der Waals surface area contributed by atoms with E-state index in [4.69, 9.17) is 14.2 Å². The number of aliphatic hydroxyl groups excluding tert-OH is 2. The summed E-state index contributed by atoms with van der Waals surface area (Å²) in [6, 6.07) is 0. The second-order valence-corrected chi connectivity index (χ2v) is 13.2. The minimum absolute atomic E-state index is 0.00776. The van der Waals surface area contributed by atoms with Gasteiger partial charge < -0.3 is 24.4 Å². The molecule has 242 valence electrons. The van der Waals surface area contributed by atoms with Crippen LogP contribution in [0, 0.1) is 0 Å². The first-order valence-corrected chi connectivity index (χ1v) is 17.5. The van der Waals surface area contributed by atoms with Gasteiger partial charge in [0.15, 0.2) is 0 Å². The second kappa shape index (κ2) is 19.9. The number of carbonyl (C=O) groups excluding carboxylic acids is 2. The van der Waals surface area contributed by atoms with E-state index in [0.717, 1.165) is 57.8 Å². The summed E-state index contributed by atoms with van der Waals surface area (Å²) in [5, 5.41) is 21.2. The molecule has 7 unspecified atom stereocenters. The van der Waals surface area contributed by atoms with Crippen molar-refractivity contribution in [1.82, 2.24) is 0 Å². The summed E-state index contributed by atoms with van der Waals surface area (Å²) in [5.74, 6) is -0.0140. The average molecular weight is 593 g/mol. The Kier molecular flexibility index (Phi) is 16.7. The maximum atomic E-state index is 12.5. The maximum Gasteiger partial charge on any atom is 0.334 e. The van der Waals surface area contributed by atoms with Gasteiger partial charge in [0.25, 0.3) is 0 Å². The normalized spacial score (nSPS) is 27.3. The van der Waals surface area contributed by atoms with Crippen LogP contribution in [0.25, 0.3) is 0 Å². The van der Waals surface area contributed by atoms with E-state index in [1.165, 1.54) is 57.8 Å². The van der Waals surface area contributed by atoms with Gasteiger partial charge in [-0.2, -0.15) is 0 Å². The molecule has 0 spiro atoms. The molecule has 3 aliphatic heterocycles. The Morgan fingerprint density at radius 2 is 1.33 bits per heavy atom. The molecule has 0 aliphatic carbocycles. The van der Waals surface area contributed by atoms with Gasteiger partial charge in [-0.05, 0) is 57.9 Å². The zero-order chi connectivity index (χ0) is 30.2. The van der Waals surface area contributed by atoms with Gasteiger partial charge in [0.05, 0.1) is 36.6 Å². The van der Waals surface area contributed by atoms with Gasteiger partial charge in [-0.3, -0.25) is 4.79 Å². The largest absolute Gasteiger partial charge is 0.455 e. The Hall–Kier alpha value is -1.28. The van der Waals surface area contributed by atoms with E-state index < -0.39 is 12.2 Å². The fourth-order valence-corrected chi connectivity index (χ4v) is 6.78. The van der Waals surface area contributed by atoms with Crippen molar-refractivity contribution in [2.24, 2.45) is 0 Å². The minimum Gasteiger partial charge on any atom is -0.455 e. The molecular weight excluding hydrogens is 532 g/mol. The molecule has 2 saturated heterocycles. The van der Waals surface area contributed by atoms with Crippen molar-refractivity contribution in [3.05, 3.63) is 11.6 Å². The van der Waals surface area contributed by atoms with Crippen LogP contribution in [0.2, 0.25) is 0 Å². The number of rotatable bonds is 23. The SMILES string of the molecule is CCCCCCCCCCCCC(O)C1CCC(C(O)CCCCCC(=O)CC2CCC(CC3=CC(C)OC3=O)O2)O1. The lowest BCUT2D eigenvalue weighted by Gasteiger charge is -2.22. The third kappa shape index (κ3) is 13.2. The van der Waals surface area contributed by atoms with Crippen LogP contribution in [-0.2, 0) is 23.8 Å². The number of hydrogen-bond donors (Lipinski definition) is 2. The monoisotopic (exact) mass is 592 g/mol. The molecule has 0 amide bonds. The highest BCUT2D eigenvalue weighted by Gasteiger charge is 2.34. The van der Waals surface area contributed by atoms with E-state index >= 15 is 0 Å². The van der Waals surface area contributed by atoms with Gasteiger partial charge >= 0.3 is 5.97 Å². The van der Waals surface area contributed by atoms with Crippen molar-refractivity contribution in [2.75, 3.05) is 0 Å². The van der Waals surface area contributed by atoms with Crippen LogP contribution < -0.4 is 0 Å². The molecule has 0 radical (unpaired) electrons. The highest BCUT2D eigenvalue weighted by molar-refractivity contribution is 5.90. The molecule has 7 nitrogen and oxygen atoms in total. The molecule has 7 atom stereocenters. The fourth-order valence-electron chi connectivity index (χ4n) is 6.78. The van der Waals surface area contributed by atoms with Crippen LogP contribution in [-0.4, -0.2) is 64.7 Å². The molecule has 0 aromatic rings. The van der Waals surface area contributed by atoms with Gasteiger partial charge in [-0.1, -0.05) is 84.0 Å². The number of cyclic esters (lactones) is 1. The van der Waals surface area contributed by atoms with Crippen LogP contribution >= 0.6 is 0 Å². The Morgan fingerprint density at radius 3 is 1.90 bits per heavy atom. The molecule has 0 bridgehead atoms. The van der Waals surface area contributed by atoms with Crippen molar-refractivity contribution in [3.63, 3.8) is 0 Å². The van der Waals surface area contributed by atoms with E-state index in [-0.39, 0.29) is 42.3 Å². The van der Waals surface area contributed by atoms with Crippen LogP contribution in [0.5, 0.6) is 0 Å². The van der Waals surface area contributed by atoms with Crippen LogP contribution in [0.3, 0.4) is 0 Å². The molecule has 0 aromatic carbocycles. The lowest BCUT2D eigenvalue weighted by molar-refractivity contribution is -0.139. The summed E-state index contributed by atoms with van der Waals surface area (Å²) < 4.78 is 17.3. The number of aliphatic hydroxyl groups is 2. The van der Waals surface area contributed by atoms with E-state index in [1.807, 2.05) is 13.0 Å². The topological polar surface area (TPSA) is 102 Å². The quantitative estimate of drug-likeness (QED) is 0.0949. The van der Waals surface area contributed by atoms with Gasteiger partial charge in [0.1, 0.15) is 11.9 Å². The molecule has 3 aliphatic rings. The Morgan fingerprint density at radius 1 is 0.786 bits per heavy atom. The molecule has 0 saturated carbocycles. The fraction of sp³-hybridized carbons (Fsp3) is 0.886. The second-order valence-electron chi connectivity index (χ2n) is 13.2. The van der Waals surface area contributed by atoms with Crippen molar-refractivity contribution in [1.29, 1.82) is 0 Å². The van der Waals surface area contributed by atoms with Crippen molar-refractivity contribution in [2.45, 2.75) is 198 Å². The third-order valence-corrected chi connectivity index (χ3v) is 9.34. The molecule has 0 aromatic heterocycles. The average Bonchev–Trinajstić information content (AvgIpc) is 3.70. The highest BCUT2D eigenvalue weighted by atomic mass is 16.5. The van der Waals surface area contributed by atoms with E-state index in [1.54, 1.807) is 0 Å². The number of esters is 1. The minimum atomic E-state index is -0.505. The first-order valence-electron chi connectivity index (χ1n) is 17.5. The van der Waals surface area contributed by atoms with Crippen LogP contribution in [0.4, 0.5) is 0 Å². The lowest BCUT2D eigenvalue weighted by Crippen LogP contribution is -2.31. The van der Waals surface area contributed by atoms with Gasteiger partial charge in [0, 0.05) is 24.8 Å². The standard InChI is InChI=1S/C35H60O7/c1-3-4-5-6-7-8-9-10-11-14-17-31(37)33-21-22-34(42-33)32(38)18-15-12-13-16-28(36)25-30-20-19-29(41-30)24-27-23-26(2)40-35(27)39/h23,26,29-34,37-38H,3-22,24-25H2,1-2H3. The first kappa shape index (κ1) is 35.2. The van der Waals surface area contributed by atoms with Crippen molar-refractivity contribution < 1.29 is 34.0 Å². The number of ketones is 1. The zero-order valence-corrected chi connectivity index (χ0v) is 26.6. The summed E-state index contributed by atoms with van der Waals surface area (Å²) in [6.45, 7) is 4.11. The smallest absolute Gasteiger partial charge is 0.334 e. The molecule has 7 heteroatoms. The number of Topliss-reactive ketones (excluding diaryl/α,β-unsaturated/α-hetero) is 1. The summed E-state index contributed by atoms with van der Waals surface area (Å²) in [4.78, 5) is 24.3. The maximum absolute atomic E-state index is 12.5. The summed E-state index contributed by atoms with van der Waals surface area (Å²) in [6.07, 6.45) is 22.2. The number of unbranched alkanes of at least 4 members (excludes halogenated alkanes) is 11. The van der Waals surface area contributed by atoms with Crippen molar-refractivity contribution in [3.8, 4) is 0 Å². The van der Waals surface area contributed by atoms with Gasteiger partial charge in [0.2, 0.25) is 0 Å². The highest BCUT2D eigenvalue weighted by Crippen LogP contribution is 2.30. The van der Waals surface area contributed by atoms with E-state index in [0.29, 0.717) is 31.3 Å². The summed E-state index contributed by atoms with van der Waals surface area (Å²) >= 11 is 0. The zero-order valence-electron chi connectivity index (χ0n) is 26.6. The number of hydrogen-bond acceptors (Lipinski definition) is 7. The van der Waals surface area contributed by atoms with Gasteiger partial charge in [-0.25, -0.2) is 4.79 Å². The number of carbonyl (C=O) groups is 2. The molecular formula is C35H60O7. The Bertz CT molecular complexity index is 811. The van der Waals surface area contributed by atoms with E-state index in [9.17, 15) is 19.8 Å². The number of ether oxygens (including phenoxy) is 3. The third-order valence-electron chi connectivity index (χ3n) is 9.34. The molecule has 2 fully saturated rings. The molecule has 3 rings (SSSR count). The summed E-state index contributed by atoms with van der Waals surface area (Å²) in [5.41, 5.74) is 0.695. The van der Waals surface area contributed by atoms with Crippen LogP contribution in [0.1, 0.15) is 155 Å². The molecule has 2 N–H and O–H groups in total. The predicted octanol–water partition coefficient (Wildman–Crippen LogP) is 7.29. The van der Waals surface area contributed by atoms with E-state index in [2.05, 4.69) is 6.92 Å². The Labute approximate surface area is 255 Å². The predicted molar refractivity (Wildman–Crippen MR) is 165 cm³/mol. The van der Waals surface area contributed by atoms with Gasteiger partial charge in [-0.15, -0.1) is 0 Å². The Balaban J connectivity index is 1.15. The molecule has 42 heavy (non-hydrogen) atoms. The lowest BCUT2D eigenvalue weighted by atomic mass is 9.99. The van der Waals surface area contributed by atoms with Crippen molar-refractivity contribution >= 4 is 11.8 Å². The molecule has 3 heterocycles. The first-order chi connectivity index (χ1) is 20.4. The van der Waals surface area contributed by atoms with Crippen LogP contribution in [0.15, 0.2) is 11.6 Å².